The van der Waals surface area contributed by atoms with Gasteiger partial charge in [-0.3, -0.25) is 0 Å². The minimum atomic E-state index is 0.305. The molecule has 0 saturated carbocycles. The molecule has 0 aliphatic rings. The van der Waals surface area contributed by atoms with E-state index in [2.05, 4.69) is 42.7 Å². The van der Waals surface area contributed by atoms with E-state index in [4.69, 9.17) is 4.74 Å². The van der Waals surface area contributed by atoms with Gasteiger partial charge in [0.2, 0.25) is 0 Å². The van der Waals surface area contributed by atoms with Gasteiger partial charge in [0.05, 0.1) is 13.2 Å². The molecule has 4 heteroatoms. The Kier molecular flexibility index (Phi) is 5.43. The van der Waals surface area contributed by atoms with Gasteiger partial charge in [-0.15, -0.1) is 22.7 Å². The van der Waals surface area contributed by atoms with E-state index in [0.717, 1.165) is 25.1 Å². The molecule has 0 aliphatic carbocycles. The maximum Gasteiger partial charge on any atom is 0.129 e. The Morgan fingerprint density at radius 1 is 1.26 bits per heavy atom. The van der Waals surface area contributed by atoms with E-state index in [9.17, 15) is 0 Å². The maximum absolute atomic E-state index is 5.30. The average Bonchev–Trinajstić information content (AvgIpc) is 3.08. The van der Waals surface area contributed by atoms with Crippen molar-refractivity contribution < 1.29 is 4.74 Å². The van der Waals surface area contributed by atoms with Gasteiger partial charge in [0, 0.05) is 20.0 Å². The molecule has 2 nitrogen and oxygen atoms in total. The zero-order chi connectivity index (χ0) is 13.7. The highest BCUT2D eigenvalue weighted by Gasteiger charge is 2.17. The zero-order valence-electron chi connectivity index (χ0n) is 11.7. The number of hydrogen-bond donors (Lipinski definition) is 1. The smallest absolute Gasteiger partial charge is 0.129 e. The molecule has 2 aromatic rings. The molecule has 19 heavy (non-hydrogen) atoms. The van der Waals surface area contributed by atoms with Gasteiger partial charge in [-0.25, -0.2) is 0 Å². The molecule has 0 spiro atoms. The Morgan fingerprint density at radius 3 is 2.68 bits per heavy atom. The normalized spacial score (nSPS) is 12.6. The van der Waals surface area contributed by atoms with Crippen LogP contribution in [0, 0.1) is 0 Å². The molecule has 1 atom stereocenters. The van der Waals surface area contributed by atoms with E-state index in [1.165, 1.54) is 14.6 Å². The third-order valence-electron chi connectivity index (χ3n) is 3.03. The van der Waals surface area contributed by atoms with Crippen molar-refractivity contribution in [1.82, 2.24) is 5.32 Å². The Balaban J connectivity index is 2.23. The van der Waals surface area contributed by atoms with Crippen molar-refractivity contribution in [2.45, 2.75) is 32.7 Å². The Bertz CT molecular complexity index is 461. The van der Waals surface area contributed by atoms with Crippen molar-refractivity contribution in [3.63, 3.8) is 0 Å². The van der Waals surface area contributed by atoms with Crippen LogP contribution in [0.5, 0.6) is 5.75 Å². The number of aryl methyl sites for hydroxylation is 1. The molecule has 2 rings (SSSR count). The second-order valence-electron chi connectivity index (χ2n) is 4.43. The molecule has 2 heterocycles. The van der Waals surface area contributed by atoms with Crippen molar-refractivity contribution in [2.75, 3.05) is 13.7 Å². The molecule has 0 aromatic carbocycles. The lowest BCUT2D eigenvalue weighted by atomic mass is 10.2. The minimum absolute atomic E-state index is 0.305. The Morgan fingerprint density at radius 2 is 2.11 bits per heavy atom. The van der Waals surface area contributed by atoms with Crippen LogP contribution in [0.25, 0.3) is 0 Å². The first-order valence-corrected chi connectivity index (χ1v) is 8.42. The van der Waals surface area contributed by atoms with Crippen LogP contribution in [0.1, 0.15) is 40.9 Å². The lowest BCUT2D eigenvalue weighted by Gasteiger charge is -2.15. The lowest BCUT2D eigenvalue weighted by Crippen LogP contribution is -2.21. The summed E-state index contributed by atoms with van der Waals surface area (Å²) in [5.41, 5.74) is 0. The van der Waals surface area contributed by atoms with E-state index >= 15 is 0 Å². The SMILES string of the molecule is CCCNC(c1cc(OC)cs1)c1ccc(CC)s1. The summed E-state index contributed by atoms with van der Waals surface area (Å²) in [4.78, 5) is 4.17. The monoisotopic (exact) mass is 295 g/mol. The highest BCUT2D eigenvalue weighted by atomic mass is 32.1. The van der Waals surface area contributed by atoms with Gasteiger partial charge < -0.3 is 10.1 Å². The zero-order valence-corrected chi connectivity index (χ0v) is 13.4. The topological polar surface area (TPSA) is 21.3 Å². The molecule has 0 saturated heterocycles. The first-order valence-electron chi connectivity index (χ1n) is 6.72. The summed E-state index contributed by atoms with van der Waals surface area (Å²) in [7, 11) is 1.72. The van der Waals surface area contributed by atoms with Gasteiger partial charge in [-0.1, -0.05) is 13.8 Å². The second-order valence-corrected chi connectivity index (χ2v) is 6.58. The highest BCUT2D eigenvalue weighted by molar-refractivity contribution is 7.13. The van der Waals surface area contributed by atoms with Crippen LogP contribution in [-0.2, 0) is 6.42 Å². The molecule has 2 aromatic heterocycles. The fourth-order valence-electron chi connectivity index (χ4n) is 1.96. The largest absolute Gasteiger partial charge is 0.496 e. The molecule has 0 bridgehead atoms. The van der Waals surface area contributed by atoms with Crippen molar-refractivity contribution >= 4 is 22.7 Å². The van der Waals surface area contributed by atoms with E-state index in [-0.39, 0.29) is 0 Å². The predicted octanol–water partition coefficient (Wildman–Crippen LogP) is 4.47. The number of nitrogens with one attached hydrogen (secondary N) is 1. The van der Waals surface area contributed by atoms with Crippen molar-refractivity contribution in [3.8, 4) is 5.75 Å². The number of thiophene rings is 2. The third kappa shape index (κ3) is 3.59. The number of methoxy groups -OCH3 is 1. The first-order chi connectivity index (χ1) is 9.28. The molecular weight excluding hydrogens is 274 g/mol. The van der Waals surface area contributed by atoms with E-state index in [1.807, 2.05) is 11.3 Å². The van der Waals surface area contributed by atoms with Gasteiger partial charge in [0.1, 0.15) is 5.75 Å². The molecule has 0 amide bonds. The predicted molar refractivity (Wildman–Crippen MR) is 84.7 cm³/mol. The van der Waals surface area contributed by atoms with E-state index in [0.29, 0.717) is 6.04 Å². The molecule has 1 unspecified atom stereocenters. The van der Waals surface area contributed by atoms with E-state index in [1.54, 1.807) is 18.4 Å². The standard InChI is InChI=1S/C15H21NOS2/c1-4-8-16-15(13-7-6-12(5-2)19-13)14-9-11(17-3)10-18-14/h6-7,9-10,15-16H,4-5,8H2,1-3H3. The van der Waals surface area contributed by atoms with Crippen molar-refractivity contribution in [3.05, 3.63) is 38.2 Å². The highest BCUT2D eigenvalue weighted by Crippen LogP contribution is 2.34. The Hall–Kier alpha value is -0.840. The fourth-order valence-corrected chi connectivity index (χ4v) is 4.03. The van der Waals surface area contributed by atoms with Crippen LogP contribution in [0.4, 0.5) is 0 Å². The summed E-state index contributed by atoms with van der Waals surface area (Å²) in [6.45, 7) is 5.44. The molecule has 0 aliphatic heterocycles. The molecule has 1 N–H and O–H groups in total. The summed E-state index contributed by atoms with van der Waals surface area (Å²) in [6, 6.07) is 6.94. The average molecular weight is 295 g/mol. The summed E-state index contributed by atoms with van der Waals surface area (Å²) in [5, 5.41) is 5.72. The quantitative estimate of drug-likeness (QED) is 0.813. The van der Waals surface area contributed by atoms with Crippen LogP contribution in [0.2, 0.25) is 0 Å². The number of hydrogen-bond acceptors (Lipinski definition) is 4. The Labute approximate surface area is 123 Å². The van der Waals surface area contributed by atoms with Gasteiger partial charge >= 0.3 is 0 Å². The molecule has 0 fully saturated rings. The fraction of sp³-hybridized carbons (Fsp3) is 0.467. The van der Waals surface area contributed by atoms with E-state index < -0.39 is 0 Å². The summed E-state index contributed by atoms with van der Waals surface area (Å²) < 4.78 is 5.30. The molecule has 104 valence electrons. The van der Waals surface area contributed by atoms with Gasteiger partial charge in [-0.05, 0) is 37.6 Å². The van der Waals surface area contributed by atoms with Crippen LogP contribution in [0.3, 0.4) is 0 Å². The molecule has 0 radical (unpaired) electrons. The van der Waals surface area contributed by atoms with Crippen LogP contribution < -0.4 is 10.1 Å². The van der Waals surface area contributed by atoms with Crippen LogP contribution in [-0.4, -0.2) is 13.7 Å². The first kappa shape index (κ1) is 14.6. The van der Waals surface area contributed by atoms with Gasteiger partial charge in [-0.2, -0.15) is 0 Å². The van der Waals surface area contributed by atoms with Crippen molar-refractivity contribution in [2.24, 2.45) is 0 Å². The van der Waals surface area contributed by atoms with Crippen LogP contribution >= 0.6 is 22.7 Å². The lowest BCUT2D eigenvalue weighted by molar-refractivity contribution is 0.416. The van der Waals surface area contributed by atoms with Gasteiger partial charge in [0.15, 0.2) is 0 Å². The van der Waals surface area contributed by atoms with Gasteiger partial charge in [0.25, 0.3) is 0 Å². The second kappa shape index (κ2) is 7.08. The summed E-state index contributed by atoms with van der Waals surface area (Å²) in [6.07, 6.45) is 2.25. The number of ether oxygens (including phenoxy) is 1. The minimum Gasteiger partial charge on any atom is -0.496 e. The molecular formula is C15H21NOS2. The number of rotatable bonds is 7. The third-order valence-corrected chi connectivity index (χ3v) is 5.30. The summed E-state index contributed by atoms with van der Waals surface area (Å²) >= 11 is 3.67. The maximum atomic E-state index is 5.30. The van der Waals surface area contributed by atoms with Crippen LogP contribution in [0.15, 0.2) is 23.6 Å². The van der Waals surface area contributed by atoms with Crippen molar-refractivity contribution in [1.29, 1.82) is 0 Å². The summed E-state index contributed by atoms with van der Waals surface area (Å²) in [5.74, 6) is 0.954.